The van der Waals surface area contributed by atoms with Gasteiger partial charge in [-0.15, -0.1) is 0 Å². The van der Waals surface area contributed by atoms with Crippen LogP contribution < -0.4 is 0 Å². The third-order valence-corrected chi connectivity index (χ3v) is 1.81. The lowest BCUT2D eigenvalue weighted by atomic mass is 10.2. The minimum Gasteiger partial charge on any atom is -0.459 e. The quantitative estimate of drug-likeness (QED) is 0.378. The van der Waals surface area contributed by atoms with Crippen LogP contribution in [-0.2, 0) is 9.53 Å². The van der Waals surface area contributed by atoms with Crippen LogP contribution in [0.25, 0.3) is 0 Å². The van der Waals surface area contributed by atoms with E-state index in [4.69, 9.17) is 11.6 Å². The lowest BCUT2D eigenvalue weighted by molar-refractivity contribution is -0.133. The summed E-state index contributed by atoms with van der Waals surface area (Å²) in [5, 5.41) is 0.560. The summed E-state index contributed by atoms with van der Waals surface area (Å²) in [7, 11) is 1.26. The monoisotopic (exact) mass is 218 g/mol. The van der Waals surface area contributed by atoms with E-state index in [1.54, 1.807) is 12.1 Å². The molecular formula is C12H7ClO2. The van der Waals surface area contributed by atoms with E-state index < -0.39 is 5.97 Å². The van der Waals surface area contributed by atoms with Gasteiger partial charge in [-0.05, 0) is 24.0 Å². The van der Waals surface area contributed by atoms with Crippen molar-refractivity contribution in [3.05, 3.63) is 34.9 Å². The third kappa shape index (κ3) is 3.77. The van der Waals surface area contributed by atoms with Crippen LogP contribution in [0.15, 0.2) is 24.3 Å². The van der Waals surface area contributed by atoms with Crippen LogP contribution in [0.1, 0.15) is 5.56 Å². The Kier molecular flexibility index (Phi) is 4.29. The zero-order valence-corrected chi connectivity index (χ0v) is 8.76. The predicted octanol–water partition coefficient (Wildman–Crippen LogP) is 1.87. The van der Waals surface area contributed by atoms with Gasteiger partial charge in [-0.25, -0.2) is 4.79 Å². The normalized spacial score (nSPS) is 7.87. The topological polar surface area (TPSA) is 26.3 Å². The number of ether oxygens (including phenoxy) is 1. The molecule has 0 N–H and O–H groups in total. The zero-order chi connectivity index (χ0) is 11.1. The molecule has 3 heteroatoms. The van der Waals surface area contributed by atoms with Crippen molar-refractivity contribution in [3.8, 4) is 23.7 Å². The second-order valence-electron chi connectivity index (χ2n) is 2.47. The van der Waals surface area contributed by atoms with Crippen LogP contribution in [0.4, 0.5) is 0 Å². The number of esters is 1. The van der Waals surface area contributed by atoms with Crippen LogP contribution >= 0.6 is 11.6 Å². The highest BCUT2D eigenvalue weighted by molar-refractivity contribution is 6.31. The van der Waals surface area contributed by atoms with E-state index in [1.165, 1.54) is 7.11 Å². The van der Waals surface area contributed by atoms with Crippen LogP contribution in [0.2, 0.25) is 5.02 Å². The summed E-state index contributed by atoms with van der Waals surface area (Å²) >= 11 is 5.85. The van der Waals surface area contributed by atoms with Crippen LogP contribution in [0.3, 0.4) is 0 Å². The Morgan fingerprint density at radius 1 is 1.33 bits per heavy atom. The molecule has 2 nitrogen and oxygen atoms in total. The minimum absolute atomic E-state index is 0.560. The summed E-state index contributed by atoms with van der Waals surface area (Å²) in [5.74, 6) is 9.19. The van der Waals surface area contributed by atoms with Gasteiger partial charge in [-0.3, -0.25) is 0 Å². The number of hydrogen-bond acceptors (Lipinski definition) is 2. The average molecular weight is 219 g/mol. The average Bonchev–Trinajstić information content (AvgIpc) is 2.26. The number of carbonyl (C=O) groups is 1. The first-order valence-corrected chi connectivity index (χ1v) is 4.46. The third-order valence-electron chi connectivity index (χ3n) is 1.48. The van der Waals surface area contributed by atoms with E-state index in [1.807, 2.05) is 12.1 Å². The molecule has 15 heavy (non-hydrogen) atoms. The maximum absolute atomic E-state index is 10.6. The van der Waals surface area contributed by atoms with Crippen LogP contribution in [0, 0.1) is 23.7 Å². The molecule has 0 aromatic heterocycles. The highest BCUT2D eigenvalue weighted by Gasteiger charge is 1.91. The molecule has 0 unspecified atom stereocenters. The molecule has 0 aliphatic rings. The van der Waals surface area contributed by atoms with E-state index in [9.17, 15) is 4.79 Å². The Hall–Kier alpha value is -1.90. The molecule has 1 aromatic carbocycles. The molecule has 0 saturated carbocycles. The first-order valence-electron chi connectivity index (χ1n) is 4.08. The molecule has 74 valence electrons. The highest BCUT2D eigenvalue weighted by atomic mass is 35.5. The SMILES string of the molecule is COC(=O)C#CC#Cc1ccccc1Cl. The number of hydrogen-bond donors (Lipinski definition) is 0. The second-order valence-corrected chi connectivity index (χ2v) is 2.88. The van der Waals surface area contributed by atoms with Gasteiger partial charge in [0.15, 0.2) is 0 Å². The van der Waals surface area contributed by atoms with Gasteiger partial charge in [0.2, 0.25) is 0 Å². The number of methoxy groups -OCH3 is 1. The molecule has 1 rings (SSSR count). The van der Waals surface area contributed by atoms with Gasteiger partial charge in [0.05, 0.1) is 12.1 Å². The molecule has 0 saturated heterocycles. The predicted molar refractivity (Wildman–Crippen MR) is 58.1 cm³/mol. The molecular weight excluding hydrogens is 212 g/mol. The highest BCUT2D eigenvalue weighted by Crippen LogP contribution is 2.12. The summed E-state index contributed by atoms with van der Waals surface area (Å²) < 4.78 is 4.32. The second kappa shape index (κ2) is 5.75. The van der Waals surface area contributed by atoms with E-state index in [0.29, 0.717) is 10.6 Å². The first-order chi connectivity index (χ1) is 7.24. The summed E-state index contributed by atoms with van der Waals surface area (Å²) in [6, 6.07) is 7.14. The van der Waals surface area contributed by atoms with Gasteiger partial charge in [0.1, 0.15) is 0 Å². The Balaban J connectivity index is 2.78. The summed E-state index contributed by atoms with van der Waals surface area (Å²) in [5.41, 5.74) is 0.679. The van der Waals surface area contributed by atoms with Gasteiger partial charge < -0.3 is 4.74 Å². The van der Waals surface area contributed by atoms with Crippen molar-refractivity contribution >= 4 is 17.6 Å². The molecule has 0 heterocycles. The van der Waals surface area contributed by atoms with E-state index >= 15 is 0 Å². The molecule has 1 aromatic rings. The molecule has 0 aliphatic carbocycles. The van der Waals surface area contributed by atoms with E-state index in [-0.39, 0.29) is 0 Å². The van der Waals surface area contributed by atoms with Gasteiger partial charge in [-0.2, -0.15) is 0 Å². The fourth-order valence-electron chi connectivity index (χ4n) is 0.794. The standard InChI is InChI=1S/C12H7ClO2/c1-15-12(14)9-5-3-7-10-6-2-4-8-11(10)13/h2,4,6,8H,1H3. The largest absolute Gasteiger partial charge is 0.459 e. The van der Waals surface area contributed by atoms with Crippen molar-refractivity contribution in [2.24, 2.45) is 0 Å². The Bertz CT molecular complexity index is 484. The van der Waals surface area contributed by atoms with Crippen molar-refractivity contribution in [2.45, 2.75) is 0 Å². The number of rotatable bonds is 0. The van der Waals surface area contributed by atoms with Gasteiger partial charge in [0, 0.05) is 11.5 Å². The Morgan fingerprint density at radius 3 is 2.73 bits per heavy atom. The smallest absolute Gasteiger partial charge is 0.385 e. The molecule has 0 atom stereocenters. The van der Waals surface area contributed by atoms with E-state index in [0.717, 1.165) is 0 Å². The van der Waals surface area contributed by atoms with Crippen molar-refractivity contribution in [3.63, 3.8) is 0 Å². The molecule has 0 amide bonds. The van der Waals surface area contributed by atoms with Crippen molar-refractivity contribution in [1.82, 2.24) is 0 Å². The number of halogens is 1. The Morgan fingerprint density at radius 2 is 2.07 bits per heavy atom. The maximum Gasteiger partial charge on any atom is 0.385 e. The summed E-state index contributed by atoms with van der Waals surface area (Å²) in [4.78, 5) is 10.6. The zero-order valence-electron chi connectivity index (χ0n) is 8.00. The lowest BCUT2D eigenvalue weighted by Gasteiger charge is -1.90. The van der Waals surface area contributed by atoms with Gasteiger partial charge in [0.25, 0.3) is 0 Å². The van der Waals surface area contributed by atoms with Crippen LogP contribution in [0.5, 0.6) is 0 Å². The van der Waals surface area contributed by atoms with Gasteiger partial charge >= 0.3 is 5.97 Å². The fourth-order valence-corrected chi connectivity index (χ4v) is 0.977. The molecule has 0 radical (unpaired) electrons. The van der Waals surface area contributed by atoms with Crippen molar-refractivity contribution in [1.29, 1.82) is 0 Å². The van der Waals surface area contributed by atoms with Gasteiger partial charge in [-0.1, -0.05) is 29.7 Å². The molecule has 0 aliphatic heterocycles. The van der Waals surface area contributed by atoms with E-state index in [2.05, 4.69) is 28.4 Å². The summed E-state index contributed by atoms with van der Waals surface area (Å²) in [6.07, 6.45) is 0. The number of benzene rings is 1. The van der Waals surface area contributed by atoms with Crippen molar-refractivity contribution in [2.75, 3.05) is 7.11 Å². The Labute approximate surface area is 93.2 Å². The molecule has 0 fully saturated rings. The minimum atomic E-state index is -0.608. The maximum atomic E-state index is 10.6. The van der Waals surface area contributed by atoms with Crippen LogP contribution in [-0.4, -0.2) is 13.1 Å². The molecule has 0 bridgehead atoms. The lowest BCUT2D eigenvalue weighted by Crippen LogP contribution is -1.93. The fraction of sp³-hybridized carbons (Fsp3) is 0.0833. The molecule has 0 spiro atoms. The first kappa shape index (κ1) is 11.2. The van der Waals surface area contributed by atoms with Crippen molar-refractivity contribution < 1.29 is 9.53 Å². The number of carbonyl (C=O) groups excluding carboxylic acids is 1. The summed E-state index contributed by atoms with van der Waals surface area (Å²) in [6.45, 7) is 0.